The molecule has 14 heavy (non-hydrogen) atoms. The van der Waals surface area contributed by atoms with Crippen molar-refractivity contribution < 1.29 is 39.8 Å². The van der Waals surface area contributed by atoms with Crippen LogP contribution in [0.15, 0.2) is 0 Å². The Bertz CT molecular complexity index is 296. The van der Waals surface area contributed by atoms with Crippen molar-refractivity contribution in [3.8, 4) is 0 Å². The fourth-order valence-corrected chi connectivity index (χ4v) is 1.31. The van der Waals surface area contributed by atoms with Crippen LogP contribution in [-0.2, 0) is 23.4 Å². The Morgan fingerprint density at radius 1 is 1.36 bits per heavy atom. The van der Waals surface area contributed by atoms with Gasteiger partial charge in [-0.15, -0.1) is 0 Å². The molecule has 0 aliphatic heterocycles. The highest BCUT2D eigenvalue weighted by Gasteiger charge is 2.35. The molecule has 0 aromatic carbocycles. The minimum atomic E-state index is -4.93. The van der Waals surface area contributed by atoms with Crippen molar-refractivity contribution in [1.29, 1.82) is 0 Å². The van der Waals surface area contributed by atoms with Crippen molar-refractivity contribution in [2.75, 3.05) is 12.5 Å². The van der Waals surface area contributed by atoms with E-state index >= 15 is 0 Å². The number of hydrogen-bond donors (Lipinski definition) is 1. The highest BCUT2D eigenvalue weighted by Crippen LogP contribution is 2.19. The van der Waals surface area contributed by atoms with E-state index in [1.54, 1.807) is 0 Å². The third kappa shape index (κ3) is 8.45. The van der Waals surface area contributed by atoms with Gasteiger partial charge in [-0.3, -0.25) is 9.09 Å². The molecular weight excluding hydrogens is 252 g/mol. The lowest BCUT2D eigenvalue weighted by Crippen LogP contribution is -2.24. The predicted molar refractivity (Wildman–Crippen MR) is 38.1 cm³/mol. The molecule has 0 rings (SSSR count). The van der Waals surface area contributed by atoms with Crippen LogP contribution in [0.25, 0.3) is 0 Å². The molecule has 86 valence electrons. The minimum Gasteiger partial charge on any atom is -0.326 e. The van der Waals surface area contributed by atoms with E-state index in [9.17, 15) is 26.2 Å². The summed E-state index contributed by atoms with van der Waals surface area (Å²) in [7, 11) is -8.24. The quantitative estimate of drug-likeness (QED) is 0.432. The largest absolute Gasteiger partial charge is 0.405 e. The van der Waals surface area contributed by atoms with Gasteiger partial charge in [-0.25, -0.2) is 4.18 Å². The summed E-state index contributed by atoms with van der Waals surface area (Å²) in [6, 6.07) is 0. The Morgan fingerprint density at radius 2 is 1.86 bits per heavy atom. The third-order valence-electron chi connectivity index (χ3n) is 0.751. The summed E-state index contributed by atoms with van der Waals surface area (Å²) in [5.41, 5.74) is 0. The van der Waals surface area contributed by atoms with Gasteiger partial charge in [-0.1, -0.05) is 0 Å². The Morgan fingerprint density at radius 3 is 2.21 bits per heavy atom. The first-order valence-electron chi connectivity index (χ1n) is 2.92. The van der Waals surface area contributed by atoms with E-state index in [-0.39, 0.29) is 0 Å². The molecule has 1 atom stereocenters. The SMILES string of the molecule is O=[PH](O)OCOS(=O)(=O)CC(F)(F)F. The summed E-state index contributed by atoms with van der Waals surface area (Å²) in [6.07, 6.45) is -4.93. The van der Waals surface area contributed by atoms with Crippen LogP contribution in [0.4, 0.5) is 13.2 Å². The second kappa shape index (κ2) is 5.08. The van der Waals surface area contributed by atoms with Crippen molar-refractivity contribution in [3.63, 3.8) is 0 Å². The molecule has 0 spiro atoms. The zero-order valence-corrected chi connectivity index (χ0v) is 8.26. The first kappa shape index (κ1) is 13.8. The van der Waals surface area contributed by atoms with E-state index in [1.807, 2.05) is 0 Å². The Labute approximate surface area is 77.7 Å². The van der Waals surface area contributed by atoms with E-state index in [2.05, 4.69) is 8.71 Å². The molecule has 0 amide bonds. The summed E-state index contributed by atoms with van der Waals surface area (Å²) in [4.78, 5) is 8.01. The van der Waals surface area contributed by atoms with Gasteiger partial charge in [0, 0.05) is 0 Å². The van der Waals surface area contributed by atoms with E-state index < -0.39 is 37.1 Å². The maximum absolute atomic E-state index is 11.5. The van der Waals surface area contributed by atoms with Crippen LogP contribution in [0.5, 0.6) is 0 Å². The maximum Gasteiger partial charge on any atom is 0.405 e. The van der Waals surface area contributed by atoms with Crippen LogP contribution in [0, 0.1) is 0 Å². The normalized spacial score (nSPS) is 15.4. The highest BCUT2D eigenvalue weighted by molar-refractivity contribution is 7.86. The minimum absolute atomic E-state index is 1.22. The van der Waals surface area contributed by atoms with Gasteiger partial charge in [0.2, 0.25) is 0 Å². The molecule has 0 aliphatic carbocycles. The third-order valence-corrected chi connectivity index (χ3v) is 2.25. The van der Waals surface area contributed by atoms with Gasteiger partial charge in [0.15, 0.2) is 12.5 Å². The summed E-state index contributed by atoms with van der Waals surface area (Å²) in [5.74, 6) is -2.17. The van der Waals surface area contributed by atoms with Crippen molar-refractivity contribution in [1.82, 2.24) is 0 Å². The monoisotopic (exact) mass is 258 g/mol. The van der Waals surface area contributed by atoms with Crippen LogP contribution in [0.1, 0.15) is 0 Å². The summed E-state index contributed by atoms with van der Waals surface area (Å²) >= 11 is 0. The van der Waals surface area contributed by atoms with Gasteiger partial charge in [-0.05, 0) is 0 Å². The Balaban J connectivity index is 4.04. The average Bonchev–Trinajstić information content (AvgIpc) is 1.78. The van der Waals surface area contributed by atoms with Crippen LogP contribution in [0.2, 0.25) is 0 Å². The van der Waals surface area contributed by atoms with Crippen LogP contribution < -0.4 is 0 Å². The number of rotatable bonds is 5. The second-order valence-corrected chi connectivity index (χ2v) is 4.42. The second-order valence-electron chi connectivity index (χ2n) is 1.96. The van der Waals surface area contributed by atoms with Gasteiger partial charge in [-0.2, -0.15) is 21.6 Å². The fraction of sp³-hybridized carbons (Fsp3) is 1.00. The molecule has 1 unspecified atom stereocenters. The molecular formula is C3H6F3O6PS. The van der Waals surface area contributed by atoms with Gasteiger partial charge in [0.25, 0.3) is 10.1 Å². The molecule has 0 fully saturated rings. The van der Waals surface area contributed by atoms with Crippen LogP contribution in [-0.4, -0.2) is 32.0 Å². The molecule has 0 bridgehead atoms. The summed E-state index contributed by atoms with van der Waals surface area (Å²) in [6.45, 7) is -1.22. The summed E-state index contributed by atoms with van der Waals surface area (Å²) in [5, 5.41) is 0. The van der Waals surface area contributed by atoms with Gasteiger partial charge < -0.3 is 4.89 Å². The molecule has 0 aliphatic rings. The van der Waals surface area contributed by atoms with Gasteiger partial charge >= 0.3 is 14.4 Å². The van der Waals surface area contributed by atoms with E-state index in [4.69, 9.17) is 4.89 Å². The van der Waals surface area contributed by atoms with E-state index in [1.165, 1.54) is 0 Å². The average molecular weight is 258 g/mol. The van der Waals surface area contributed by atoms with Crippen molar-refractivity contribution >= 4 is 18.4 Å². The van der Waals surface area contributed by atoms with Gasteiger partial charge in [0.05, 0.1) is 0 Å². The smallest absolute Gasteiger partial charge is 0.326 e. The lowest BCUT2D eigenvalue weighted by molar-refractivity contribution is -0.107. The zero-order chi connectivity index (χ0) is 11.4. The van der Waals surface area contributed by atoms with Gasteiger partial charge in [0.1, 0.15) is 0 Å². The van der Waals surface area contributed by atoms with Crippen molar-refractivity contribution in [3.05, 3.63) is 0 Å². The molecule has 0 heterocycles. The first-order valence-corrected chi connectivity index (χ1v) is 5.76. The van der Waals surface area contributed by atoms with E-state index in [0.717, 1.165) is 0 Å². The number of alkyl halides is 3. The topological polar surface area (TPSA) is 89.9 Å². The highest BCUT2D eigenvalue weighted by atomic mass is 32.2. The molecule has 0 saturated carbocycles. The van der Waals surface area contributed by atoms with Crippen LogP contribution in [0.3, 0.4) is 0 Å². The zero-order valence-electron chi connectivity index (χ0n) is 6.44. The first-order chi connectivity index (χ1) is 6.12. The lowest BCUT2D eigenvalue weighted by Gasteiger charge is -2.07. The fourth-order valence-electron chi connectivity index (χ4n) is 0.390. The number of hydrogen-bond acceptors (Lipinski definition) is 5. The standard InChI is InChI=1S/C3H6F3O6PS/c4-3(5,6)1-14(9,10)12-2-11-13(7)8/h13H,1-2H2,(H,7,8). The Kier molecular flexibility index (Phi) is 5.02. The molecule has 1 N–H and O–H groups in total. The van der Waals surface area contributed by atoms with Crippen molar-refractivity contribution in [2.45, 2.75) is 6.18 Å². The van der Waals surface area contributed by atoms with Crippen molar-refractivity contribution in [2.24, 2.45) is 0 Å². The maximum atomic E-state index is 11.5. The molecule has 0 radical (unpaired) electrons. The molecule has 6 nitrogen and oxygen atoms in total. The lowest BCUT2D eigenvalue weighted by atomic mass is 10.8. The summed E-state index contributed by atoms with van der Waals surface area (Å²) < 4.78 is 72.6. The Hall–Kier alpha value is -0.150. The molecule has 0 saturated heterocycles. The molecule has 11 heteroatoms. The molecule has 0 aromatic rings. The predicted octanol–water partition coefficient (Wildman–Crippen LogP) is 0.251. The van der Waals surface area contributed by atoms with Crippen LogP contribution >= 0.6 is 8.25 Å². The molecule has 0 aromatic heterocycles. The van der Waals surface area contributed by atoms with E-state index in [0.29, 0.717) is 0 Å². The number of halogens is 3.